The number of aromatic nitrogens is 5. The largest absolute Gasteiger partial charge is 0.322 e. The summed E-state index contributed by atoms with van der Waals surface area (Å²) in [7, 11) is 0. The Morgan fingerprint density at radius 2 is 1.89 bits per heavy atom. The van der Waals surface area contributed by atoms with Crippen LogP contribution < -0.4 is 5.32 Å². The summed E-state index contributed by atoms with van der Waals surface area (Å²) in [5.41, 5.74) is 4.16. The lowest BCUT2D eigenvalue weighted by Gasteiger charge is -2.08. The highest BCUT2D eigenvalue weighted by atomic mass is 35.5. The van der Waals surface area contributed by atoms with Gasteiger partial charge in [0.2, 0.25) is 0 Å². The quantitative estimate of drug-likeness (QED) is 0.571. The summed E-state index contributed by atoms with van der Waals surface area (Å²) in [5, 5.41) is 8.34. The molecule has 28 heavy (non-hydrogen) atoms. The van der Waals surface area contributed by atoms with Crippen LogP contribution in [0.4, 0.5) is 5.69 Å². The second-order valence-corrected chi connectivity index (χ2v) is 6.82. The fourth-order valence-corrected chi connectivity index (χ4v) is 3.30. The van der Waals surface area contributed by atoms with E-state index in [2.05, 4.69) is 25.4 Å². The summed E-state index contributed by atoms with van der Waals surface area (Å²) in [6, 6.07) is 7.55. The van der Waals surface area contributed by atoms with E-state index in [-0.39, 0.29) is 5.91 Å². The minimum absolute atomic E-state index is 0.303. The molecule has 3 aromatic heterocycles. The Kier molecular flexibility index (Phi) is 4.75. The normalized spacial score (nSPS) is 11.0. The smallest absolute Gasteiger partial charge is 0.258 e. The number of benzene rings is 1. The van der Waals surface area contributed by atoms with Gasteiger partial charge in [-0.05, 0) is 26.0 Å². The monoisotopic (exact) mass is 392 g/mol. The molecule has 4 rings (SSSR count). The first-order valence-corrected chi connectivity index (χ1v) is 9.05. The van der Waals surface area contributed by atoms with Gasteiger partial charge in [0.15, 0.2) is 5.65 Å². The molecule has 1 N–H and O–H groups in total. The van der Waals surface area contributed by atoms with Gasteiger partial charge in [0.05, 0.1) is 40.1 Å². The van der Waals surface area contributed by atoms with Gasteiger partial charge in [-0.2, -0.15) is 5.10 Å². The Balaban J connectivity index is 1.68. The predicted molar refractivity (Wildman–Crippen MR) is 108 cm³/mol. The van der Waals surface area contributed by atoms with Crippen LogP contribution >= 0.6 is 11.6 Å². The van der Waals surface area contributed by atoms with Crippen LogP contribution in [-0.2, 0) is 6.54 Å². The zero-order valence-corrected chi connectivity index (χ0v) is 16.1. The highest BCUT2D eigenvalue weighted by molar-refractivity contribution is 6.39. The van der Waals surface area contributed by atoms with Gasteiger partial charge < -0.3 is 5.32 Å². The molecule has 0 aliphatic heterocycles. The maximum absolute atomic E-state index is 12.7. The first-order valence-electron chi connectivity index (χ1n) is 8.67. The van der Waals surface area contributed by atoms with Crippen molar-refractivity contribution in [2.45, 2.75) is 20.4 Å². The molecule has 1 aromatic carbocycles. The Morgan fingerprint density at radius 3 is 2.61 bits per heavy atom. The molecule has 0 saturated carbocycles. The predicted octanol–water partition coefficient (Wildman–Crippen LogP) is 3.79. The van der Waals surface area contributed by atoms with Gasteiger partial charge in [-0.3, -0.25) is 14.8 Å². The molecule has 3 heterocycles. The van der Waals surface area contributed by atoms with Crippen molar-refractivity contribution in [1.29, 1.82) is 0 Å². The van der Waals surface area contributed by atoms with Crippen LogP contribution in [0.25, 0.3) is 11.0 Å². The highest BCUT2D eigenvalue weighted by Crippen LogP contribution is 2.29. The van der Waals surface area contributed by atoms with Crippen LogP contribution in [0.1, 0.15) is 27.3 Å². The molecule has 4 aromatic rings. The zero-order chi connectivity index (χ0) is 19.7. The van der Waals surface area contributed by atoms with Crippen LogP contribution in [0.2, 0.25) is 5.02 Å². The summed E-state index contributed by atoms with van der Waals surface area (Å²) in [5.74, 6) is -0.315. The van der Waals surface area contributed by atoms with Gasteiger partial charge in [-0.1, -0.05) is 29.3 Å². The second kappa shape index (κ2) is 7.36. The molecule has 8 heteroatoms. The number of nitrogens with zero attached hydrogens (tertiary/aromatic N) is 5. The molecule has 0 radical (unpaired) electrons. The average Bonchev–Trinajstić information content (AvgIpc) is 3.01. The summed E-state index contributed by atoms with van der Waals surface area (Å²) < 4.78 is 1.71. The number of rotatable bonds is 4. The number of nitrogens with one attached hydrogen (secondary N) is 1. The Hall–Kier alpha value is -3.32. The first-order chi connectivity index (χ1) is 13.5. The van der Waals surface area contributed by atoms with Gasteiger partial charge in [0.1, 0.15) is 0 Å². The van der Waals surface area contributed by atoms with Crippen LogP contribution in [0.5, 0.6) is 0 Å². The molecule has 0 bridgehead atoms. The number of hydrogen-bond acceptors (Lipinski definition) is 5. The summed E-state index contributed by atoms with van der Waals surface area (Å²) in [4.78, 5) is 25.5. The lowest BCUT2D eigenvalue weighted by Crippen LogP contribution is -2.13. The van der Waals surface area contributed by atoms with Gasteiger partial charge in [-0.25, -0.2) is 9.67 Å². The third kappa shape index (κ3) is 3.44. The number of anilines is 1. The Morgan fingerprint density at radius 1 is 1.11 bits per heavy atom. The molecule has 0 spiro atoms. The maximum atomic E-state index is 12.7. The van der Waals surface area contributed by atoms with Crippen molar-refractivity contribution < 1.29 is 4.79 Å². The SMILES string of the molecule is Cc1ccc(NC(=O)c2cnc3c(c(C)nn3Cc3cnccn3)c2Cl)cc1. The highest BCUT2D eigenvalue weighted by Gasteiger charge is 2.19. The van der Waals surface area contributed by atoms with E-state index in [1.54, 1.807) is 23.3 Å². The van der Waals surface area contributed by atoms with Crippen LogP contribution in [-0.4, -0.2) is 30.6 Å². The van der Waals surface area contributed by atoms with E-state index in [0.717, 1.165) is 11.3 Å². The molecule has 0 aliphatic carbocycles. The molecule has 7 nitrogen and oxygen atoms in total. The number of amides is 1. The third-order valence-corrected chi connectivity index (χ3v) is 4.75. The Labute approximate surface area is 166 Å². The van der Waals surface area contributed by atoms with Crippen molar-refractivity contribution in [2.75, 3.05) is 5.32 Å². The topological polar surface area (TPSA) is 85.6 Å². The first kappa shape index (κ1) is 18.1. The van der Waals surface area contributed by atoms with E-state index in [4.69, 9.17) is 11.6 Å². The standard InChI is InChI=1S/C20H17ClN6O/c1-12-3-5-14(6-4-12)25-20(28)16-10-24-19-17(18(16)21)13(2)26-27(19)11-15-9-22-7-8-23-15/h3-10H,11H2,1-2H3,(H,25,28). The number of aryl methyl sites for hydroxylation is 2. The van der Waals surface area contributed by atoms with E-state index < -0.39 is 0 Å². The molecule has 0 aliphatic rings. The number of halogens is 1. The minimum atomic E-state index is -0.315. The van der Waals surface area contributed by atoms with Gasteiger partial charge in [0, 0.05) is 24.3 Å². The van der Waals surface area contributed by atoms with Crippen molar-refractivity contribution in [3.63, 3.8) is 0 Å². The summed E-state index contributed by atoms with van der Waals surface area (Å²) in [6.07, 6.45) is 6.39. The molecule has 0 atom stereocenters. The van der Waals surface area contributed by atoms with Crippen LogP contribution in [0, 0.1) is 13.8 Å². The minimum Gasteiger partial charge on any atom is -0.322 e. The van der Waals surface area contributed by atoms with Crippen LogP contribution in [0.15, 0.2) is 49.1 Å². The van der Waals surface area contributed by atoms with Gasteiger partial charge >= 0.3 is 0 Å². The van der Waals surface area contributed by atoms with Crippen molar-refractivity contribution >= 4 is 34.2 Å². The van der Waals surface area contributed by atoms with E-state index in [9.17, 15) is 4.79 Å². The van der Waals surface area contributed by atoms with Crippen LogP contribution in [0.3, 0.4) is 0 Å². The van der Waals surface area contributed by atoms with Crippen molar-refractivity contribution in [1.82, 2.24) is 24.7 Å². The summed E-state index contributed by atoms with van der Waals surface area (Å²) in [6.45, 7) is 4.24. The molecule has 0 saturated heterocycles. The average molecular weight is 393 g/mol. The fraction of sp³-hybridized carbons (Fsp3) is 0.150. The van der Waals surface area contributed by atoms with E-state index in [0.29, 0.717) is 39.5 Å². The van der Waals surface area contributed by atoms with E-state index >= 15 is 0 Å². The number of carbonyl (C=O) groups is 1. The van der Waals surface area contributed by atoms with Crippen molar-refractivity contribution in [3.05, 3.63) is 76.6 Å². The van der Waals surface area contributed by atoms with Crippen molar-refractivity contribution in [3.8, 4) is 0 Å². The fourth-order valence-electron chi connectivity index (χ4n) is 2.94. The van der Waals surface area contributed by atoms with Gasteiger partial charge in [-0.15, -0.1) is 0 Å². The number of fused-ring (bicyclic) bond motifs is 1. The zero-order valence-electron chi connectivity index (χ0n) is 15.3. The number of hydrogen-bond donors (Lipinski definition) is 1. The lowest BCUT2D eigenvalue weighted by atomic mass is 10.2. The number of carbonyl (C=O) groups excluding carboxylic acids is 1. The number of pyridine rings is 1. The maximum Gasteiger partial charge on any atom is 0.258 e. The van der Waals surface area contributed by atoms with E-state index in [1.807, 2.05) is 38.1 Å². The molecule has 1 amide bonds. The molecular formula is C20H17ClN6O. The van der Waals surface area contributed by atoms with E-state index in [1.165, 1.54) is 6.20 Å². The van der Waals surface area contributed by atoms with Crippen molar-refractivity contribution in [2.24, 2.45) is 0 Å². The second-order valence-electron chi connectivity index (χ2n) is 6.44. The molecule has 140 valence electrons. The Bertz CT molecular complexity index is 1160. The van der Waals surface area contributed by atoms with Gasteiger partial charge in [0.25, 0.3) is 5.91 Å². The third-order valence-electron chi connectivity index (χ3n) is 4.35. The molecular weight excluding hydrogens is 376 g/mol. The lowest BCUT2D eigenvalue weighted by molar-refractivity contribution is 0.102. The summed E-state index contributed by atoms with van der Waals surface area (Å²) >= 11 is 6.57. The molecule has 0 fully saturated rings. The molecule has 0 unspecified atom stereocenters.